The molecule has 0 atom stereocenters. The first-order valence-corrected chi connectivity index (χ1v) is 10.0. The van der Waals surface area contributed by atoms with E-state index < -0.39 is 10.0 Å². The predicted octanol–water partition coefficient (Wildman–Crippen LogP) is 2.23. The topological polar surface area (TPSA) is 101 Å². The van der Waals surface area contributed by atoms with Crippen LogP contribution in [-0.4, -0.2) is 27.4 Å². The van der Waals surface area contributed by atoms with E-state index in [1.807, 2.05) is 18.2 Å². The average Bonchev–Trinajstić information content (AvgIpc) is 2.60. The molecule has 0 saturated carbocycles. The molecule has 2 aromatic carbocycles. The Kier molecular flexibility index (Phi) is 6.76. The number of primary sulfonamides is 1. The van der Waals surface area contributed by atoms with Gasteiger partial charge in [-0.25, -0.2) is 13.6 Å². The number of nitrogens with two attached hydrogens (primary N) is 1. The lowest BCUT2D eigenvalue weighted by atomic mass is 10.0. The van der Waals surface area contributed by atoms with Crippen LogP contribution in [0.25, 0.3) is 0 Å². The number of carbonyl (C=O) groups is 1. The molecule has 26 heavy (non-hydrogen) atoms. The van der Waals surface area contributed by atoms with E-state index in [2.05, 4.69) is 30.5 Å². The third-order valence-corrected chi connectivity index (χ3v) is 4.94. The molecule has 140 valence electrons. The molecular formula is C19H25N3O3S. The molecule has 4 N–H and O–H groups in total. The van der Waals surface area contributed by atoms with Crippen LogP contribution in [0.3, 0.4) is 0 Å². The molecule has 0 aliphatic rings. The summed E-state index contributed by atoms with van der Waals surface area (Å²) in [6.45, 7) is 4.90. The minimum Gasteiger partial charge on any atom is -0.376 e. The molecule has 6 nitrogen and oxygen atoms in total. The zero-order chi connectivity index (χ0) is 19.2. The maximum Gasteiger partial charge on any atom is 0.239 e. The number of nitrogens with one attached hydrogen (secondary N) is 2. The van der Waals surface area contributed by atoms with Crippen LogP contribution in [0.5, 0.6) is 0 Å². The quantitative estimate of drug-likeness (QED) is 0.658. The zero-order valence-electron chi connectivity index (χ0n) is 15.0. The SMILES string of the molecule is CC(C)c1ccccc1NCC(=O)NCCc1ccc(S(N)(=O)=O)cc1. The van der Waals surface area contributed by atoms with Gasteiger partial charge >= 0.3 is 0 Å². The highest BCUT2D eigenvalue weighted by Gasteiger charge is 2.08. The standard InChI is InChI=1S/C19H25N3O3S/c1-14(2)17-5-3-4-6-18(17)22-13-19(23)21-12-11-15-7-9-16(10-8-15)26(20,24)25/h3-10,14,22H,11-13H2,1-2H3,(H,21,23)(H2,20,24,25). The van der Waals surface area contributed by atoms with Crippen molar-refractivity contribution in [2.45, 2.75) is 31.1 Å². The number of sulfonamides is 1. The van der Waals surface area contributed by atoms with Gasteiger partial charge in [-0.15, -0.1) is 0 Å². The summed E-state index contributed by atoms with van der Waals surface area (Å²) in [4.78, 5) is 12.1. The number of anilines is 1. The molecule has 2 aromatic rings. The summed E-state index contributed by atoms with van der Waals surface area (Å²) in [5.74, 6) is 0.284. The van der Waals surface area contributed by atoms with E-state index >= 15 is 0 Å². The van der Waals surface area contributed by atoms with Crippen molar-refractivity contribution in [2.24, 2.45) is 5.14 Å². The molecule has 0 aliphatic carbocycles. The van der Waals surface area contributed by atoms with Gasteiger partial charge < -0.3 is 10.6 Å². The number of rotatable bonds is 8. The second-order valence-corrected chi connectivity index (χ2v) is 7.95. The van der Waals surface area contributed by atoms with Gasteiger partial charge in [-0.05, 0) is 41.7 Å². The number of para-hydroxylation sites is 1. The number of hydrogen-bond acceptors (Lipinski definition) is 4. The molecule has 0 radical (unpaired) electrons. The van der Waals surface area contributed by atoms with Crippen LogP contribution in [0, 0.1) is 0 Å². The molecule has 2 rings (SSSR count). The van der Waals surface area contributed by atoms with E-state index in [0.717, 1.165) is 11.3 Å². The molecule has 1 amide bonds. The van der Waals surface area contributed by atoms with Gasteiger partial charge in [0, 0.05) is 12.2 Å². The fraction of sp³-hybridized carbons (Fsp3) is 0.316. The lowest BCUT2D eigenvalue weighted by Crippen LogP contribution is -2.31. The largest absolute Gasteiger partial charge is 0.376 e. The minimum atomic E-state index is -3.68. The molecule has 0 unspecified atom stereocenters. The molecule has 7 heteroatoms. The summed E-state index contributed by atoms with van der Waals surface area (Å²) < 4.78 is 22.4. The maximum absolute atomic E-state index is 12.0. The van der Waals surface area contributed by atoms with Gasteiger partial charge in [-0.1, -0.05) is 44.2 Å². The molecule has 0 heterocycles. The number of hydrogen-bond donors (Lipinski definition) is 3. The van der Waals surface area contributed by atoms with Crippen molar-refractivity contribution in [3.05, 3.63) is 59.7 Å². The third kappa shape index (κ3) is 5.86. The Morgan fingerprint density at radius 3 is 2.35 bits per heavy atom. The van der Waals surface area contributed by atoms with Gasteiger partial charge in [0.2, 0.25) is 15.9 Å². The summed E-state index contributed by atoms with van der Waals surface area (Å²) in [5, 5.41) is 11.1. The molecule has 0 saturated heterocycles. The van der Waals surface area contributed by atoms with E-state index in [1.54, 1.807) is 12.1 Å². The van der Waals surface area contributed by atoms with Crippen LogP contribution >= 0.6 is 0 Å². The fourth-order valence-corrected chi connectivity index (χ4v) is 3.11. The Hall–Kier alpha value is -2.38. The summed E-state index contributed by atoms with van der Waals surface area (Å²) in [5.41, 5.74) is 3.07. The van der Waals surface area contributed by atoms with Gasteiger partial charge in [0.1, 0.15) is 0 Å². The Labute approximate surface area is 154 Å². The van der Waals surface area contributed by atoms with Crippen LogP contribution in [0.2, 0.25) is 0 Å². The first kappa shape index (κ1) is 19.9. The van der Waals surface area contributed by atoms with E-state index in [0.29, 0.717) is 18.9 Å². The summed E-state index contributed by atoms with van der Waals surface area (Å²) >= 11 is 0. The monoisotopic (exact) mass is 375 g/mol. The van der Waals surface area contributed by atoms with Crippen LogP contribution in [0.1, 0.15) is 30.9 Å². The smallest absolute Gasteiger partial charge is 0.239 e. The van der Waals surface area contributed by atoms with Crippen LogP contribution in [0.4, 0.5) is 5.69 Å². The van der Waals surface area contributed by atoms with Gasteiger partial charge in [-0.3, -0.25) is 4.79 Å². The van der Waals surface area contributed by atoms with Crippen molar-refractivity contribution in [1.82, 2.24) is 5.32 Å². The van der Waals surface area contributed by atoms with Crippen LogP contribution in [-0.2, 0) is 21.2 Å². The van der Waals surface area contributed by atoms with Crippen molar-refractivity contribution in [1.29, 1.82) is 0 Å². The van der Waals surface area contributed by atoms with E-state index in [1.165, 1.54) is 17.7 Å². The molecule has 0 fully saturated rings. The highest BCUT2D eigenvalue weighted by molar-refractivity contribution is 7.89. The highest BCUT2D eigenvalue weighted by Crippen LogP contribution is 2.23. The lowest BCUT2D eigenvalue weighted by Gasteiger charge is -2.14. The Bertz CT molecular complexity index is 847. The second-order valence-electron chi connectivity index (χ2n) is 6.38. The second kappa shape index (κ2) is 8.82. The zero-order valence-corrected chi connectivity index (χ0v) is 15.8. The van der Waals surface area contributed by atoms with Crippen molar-refractivity contribution < 1.29 is 13.2 Å². The van der Waals surface area contributed by atoms with Gasteiger partial charge in [-0.2, -0.15) is 0 Å². The molecular weight excluding hydrogens is 350 g/mol. The van der Waals surface area contributed by atoms with Crippen molar-refractivity contribution in [2.75, 3.05) is 18.4 Å². The Morgan fingerprint density at radius 2 is 1.73 bits per heavy atom. The summed E-state index contributed by atoms with van der Waals surface area (Å²) in [6.07, 6.45) is 0.610. The minimum absolute atomic E-state index is 0.0818. The van der Waals surface area contributed by atoms with Crippen molar-refractivity contribution >= 4 is 21.6 Å². The van der Waals surface area contributed by atoms with Gasteiger partial charge in [0.15, 0.2) is 0 Å². The molecule has 0 spiro atoms. The van der Waals surface area contributed by atoms with Crippen LogP contribution < -0.4 is 15.8 Å². The fourth-order valence-electron chi connectivity index (χ4n) is 2.59. The van der Waals surface area contributed by atoms with Gasteiger partial charge in [0.05, 0.1) is 11.4 Å². The van der Waals surface area contributed by atoms with Crippen molar-refractivity contribution in [3.63, 3.8) is 0 Å². The van der Waals surface area contributed by atoms with Gasteiger partial charge in [0.25, 0.3) is 0 Å². The van der Waals surface area contributed by atoms with E-state index in [-0.39, 0.29) is 17.3 Å². The van der Waals surface area contributed by atoms with Crippen molar-refractivity contribution in [3.8, 4) is 0 Å². The number of benzene rings is 2. The maximum atomic E-state index is 12.0. The predicted molar refractivity (Wildman–Crippen MR) is 104 cm³/mol. The highest BCUT2D eigenvalue weighted by atomic mass is 32.2. The Morgan fingerprint density at radius 1 is 1.08 bits per heavy atom. The van der Waals surface area contributed by atoms with E-state index in [9.17, 15) is 13.2 Å². The molecule has 0 aromatic heterocycles. The summed E-state index contributed by atoms with van der Waals surface area (Å²) in [7, 11) is -3.68. The Balaban J connectivity index is 1.79. The third-order valence-electron chi connectivity index (χ3n) is 4.01. The average molecular weight is 375 g/mol. The first-order valence-electron chi connectivity index (χ1n) is 8.48. The lowest BCUT2D eigenvalue weighted by molar-refractivity contribution is -0.119. The summed E-state index contributed by atoms with van der Waals surface area (Å²) in [6, 6.07) is 14.3. The number of amides is 1. The molecule has 0 bridgehead atoms. The van der Waals surface area contributed by atoms with Crippen LogP contribution in [0.15, 0.2) is 53.4 Å². The van der Waals surface area contributed by atoms with E-state index in [4.69, 9.17) is 5.14 Å². The normalized spacial score (nSPS) is 11.4. The first-order chi connectivity index (χ1) is 12.3. The molecule has 0 aliphatic heterocycles. The number of carbonyl (C=O) groups excluding carboxylic acids is 1.